The van der Waals surface area contributed by atoms with Crippen molar-refractivity contribution in [3.05, 3.63) is 24.2 Å². The van der Waals surface area contributed by atoms with Crippen LogP contribution in [0.3, 0.4) is 0 Å². The van der Waals surface area contributed by atoms with Crippen LogP contribution in [0.2, 0.25) is 0 Å². The number of carboxylic acids is 1. The molecule has 0 bridgehead atoms. The Morgan fingerprint density at radius 2 is 2.05 bits per heavy atom. The summed E-state index contributed by atoms with van der Waals surface area (Å²) in [5, 5.41) is 9.56. The molecule has 106 valence electrons. The van der Waals surface area contributed by atoms with Gasteiger partial charge in [-0.3, -0.25) is 9.59 Å². The van der Waals surface area contributed by atoms with Crippen LogP contribution in [0.15, 0.2) is 22.8 Å². The van der Waals surface area contributed by atoms with E-state index in [1.807, 2.05) is 6.92 Å². The van der Waals surface area contributed by atoms with Crippen molar-refractivity contribution in [1.29, 1.82) is 0 Å². The van der Waals surface area contributed by atoms with Gasteiger partial charge in [-0.15, -0.1) is 0 Å². The summed E-state index contributed by atoms with van der Waals surface area (Å²) in [6, 6.07) is 3.05. The SMILES string of the molecule is CCC(C)OC(=O)C(C(=O)O)(c1ccco1)C(C)C. The zero-order valence-electron chi connectivity index (χ0n) is 11.7. The molecule has 0 fully saturated rings. The summed E-state index contributed by atoms with van der Waals surface area (Å²) >= 11 is 0. The van der Waals surface area contributed by atoms with Gasteiger partial charge in [0.05, 0.1) is 12.4 Å². The number of carbonyl (C=O) groups is 2. The van der Waals surface area contributed by atoms with Gasteiger partial charge in [0.2, 0.25) is 5.41 Å². The Kier molecular flexibility index (Phi) is 4.75. The molecule has 0 saturated carbocycles. The van der Waals surface area contributed by atoms with Crippen LogP contribution in [0.4, 0.5) is 0 Å². The fourth-order valence-electron chi connectivity index (χ4n) is 1.92. The van der Waals surface area contributed by atoms with E-state index in [0.717, 1.165) is 0 Å². The highest BCUT2D eigenvalue weighted by Gasteiger charge is 2.55. The highest BCUT2D eigenvalue weighted by atomic mass is 16.5. The standard InChI is InChI=1S/C14H20O5/c1-5-10(4)19-13(17)14(9(2)3,12(15)16)11-7-6-8-18-11/h6-10H,5H2,1-4H3,(H,15,16). The van der Waals surface area contributed by atoms with Crippen molar-refractivity contribution >= 4 is 11.9 Å². The van der Waals surface area contributed by atoms with E-state index in [9.17, 15) is 14.7 Å². The van der Waals surface area contributed by atoms with Crippen LogP contribution in [-0.4, -0.2) is 23.1 Å². The zero-order valence-corrected chi connectivity index (χ0v) is 11.7. The summed E-state index contributed by atoms with van der Waals surface area (Å²) in [5.41, 5.74) is -1.80. The van der Waals surface area contributed by atoms with Crippen molar-refractivity contribution in [2.45, 2.75) is 45.6 Å². The highest BCUT2D eigenvalue weighted by Crippen LogP contribution is 2.35. The lowest BCUT2D eigenvalue weighted by molar-refractivity contribution is -0.169. The maximum absolute atomic E-state index is 12.4. The number of furan rings is 1. The van der Waals surface area contributed by atoms with Gasteiger partial charge >= 0.3 is 11.9 Å². The lowest BCUT2D eigenvalue weighted by Gasteiger charge is -2.30. The minimum absolute atomic E-state index is 0.100. The van der Waals surface area contributed by atoms with Crippen molar-refractivity contribution in [2.24, 2.45) is 5.92 Å². The van der Waals surface area contributed by atoms with Gasteiger partial charge in [-0.2, -0.15) is 0 Å². The van der Waals surface area contributed by atoms with Crippen molar-refractivity contribution in [3.63, 3.8) is 0 Å². The molecular formula is C14H20O5. The summed E-state index contributed by atoms with van der Waals surface area (Å²) in [6.45, 7) is 6.92. The molecule has 0 radical (unpaired) electrons. The lowest BCUT2D eigenvalue weighted by Crippen LogP contribution is -2.49. The molecule has 0 aromatic carbocycles. The smallest absolute Gasteiger partial charge is 0.331 e. The van der Waals surface area contributed by atoms with E-state index in [0.29, 0.717) is 6.42 Å². The first kappa shape index (κ1) is 15.3. The van der Waals surface area contributed by atoms with Crippen LogP contribution in [0.25, 0.3) is 0 Å². The minimum Gasteiger partial charge on any atom is -0.480 e. The molecule has 0 aliphatic carbocycles. The molecule has 0 amide bonds. The van der Waals surface area contributed by atoms with E-state index < -0.39 is 23.3 Å². The minimum atomic E-state index is -1.80. The van der Waals surface area contributed by atoms with E-state index in [2.05, 4.69) is 0 Å². The molecule has 2 atom stereocenters. The summed E-state index contributed by atoms with van der Waals surface area (Å²) in [5.74, 6) is -2.43. The molecule has 2 unspecified atom stereocenters. The van der Waals surface area contributed by atoms with Crippen LogP contribution in [0.5, 0.6) is 0 Å². The van der Waals surface area contributed by atoms with Gasteiger partial charge in [-0.05, 0) is 31.4 Å². The molecule has 1 N–H and O–H groups in total. The van der Waals surface area contributed by atoms with Gasteiger partial charge in [-0.1, -0.05) is 20.8 Å². The molecule has 0 aliphatic rings. The van der Waals surface area contributed by atoms with E-state index in [4.69, 9.17) is 9.15 Å². The van der Waals surface area contributed by atoms with Crippen LogP contribution in [0, 0.1) is 5.92 Å². The molecule has 19 heavy (non-hydrogen) atoms. The van der Waals surface area contributed by atoms with Crippen LogP contribution < -0.4 is 0 Å². The van der Waals surface area contributed by atoms with Gasteiger partial charge in [0.15, 0.2) is 0 Å². The summed E-state index contributed by atoms with van der Waals surface area (Å²) in [7, 11) is 0. The number of ether oxygens (including phenoxy) is 1. The first-order valence-electron chi connectivity index (χ1n) is 6.35. The van der Waals surface area contributed by atoms with Crippen LogP contribution >= 0.6 is 0 Å². The summed E-state index contributed by atoms with van der Waals surface area (Å²) < 4.78 is 10.4. The fourth-order valence-corrected chi connectivity index (χ4v) is 1.92. The van der Waals surface area contributed by atoms with Crippen molar-refractivity contribution < 1.29 is 23.8 Å². The number of hydrogen-bond donors (Lipinski definition) is 1. The van der Waals surface area contributed by atoms with Crippen molar-refractivity contribution in [1.82, 2.24) is 0 Å². The van der Waals surface area contributed by atoms with Crippen LogP contribution in [0.1, 0.15) is 39.9 Å². The molecular weight excluding hydrogens is 248 g/mol. The third-order valence-electron chi connectivity index (χ3n) is 3.32. The van der Waals surface area contributed by atoms with E-state index in [-0.39, 0.29) is 11.9 Å². The zero-order chi connectivity index (χ0) is 14.6. The molecule has 0 aliphatic heterocycles. The number of carboxylic acid groups (broad SMARTS) is 1. The molecule has 1 aromatic rings. The maximum atomic E-state index is 12.4. The monoisotopic (exact) mass is 268 g/mol. The molecule has 1 aromatic heterocycles. The third kappa shape index (κ3) is 2.64. The predicted octanol–water partition coefficient (Wildman–Crippen LogP) is 2.60. The molecule has 1 heterocycles. The Bertz CT molecular complexity index is 435. The summed E-state index contributed by atoms with van der Waals surface area (Å²) in [6.07, 6.45) is 1.64. The first-order chi connectivity index (χ1) is 8.87. The average molecular weight is 268 g/mol. The molecule has 0 saturated heterocycles. The molecule has 0 spiro atoms. The first-order valence-corrected chi connectivity index (χ1v) is 6.35. The van der Waals surface area contributed by atoms with Gasteiger partial charge in [-0.25, -0.2) is 0 Å². The maximum Gasteiger partial charge on any atom is 0.331 e. The van der Waals surface area contributed by atoms with E-state index in [1.54, 1.807) is 26.8 Å². The topological polar surface area (TPSA) is 76.7 Å². The molecule has 5 nitrogen and oxygen atoms in total. The van der Waals surface area contributed by atoms with Gasteiger partial charge < -0.3 is 14.3 Å². The number of aliphatic carboxylic acids is 1. The Morgan fingerprint density at radius 1 is 1.42 bits per heavy atom. The largest absolute Gasteiger partial charge is 0.480 e. The van der Waals surface area contributed by atoms with Crippen LogP contribution in [-0.2, 0) is 19.7 Å². The normalized spacial score (nSPS) is 15.8. The Morgan fingerprint density at radius 3 is 2.42 bits per heavy atom. The number of rotatable bonds is 6. The van der Waals surface area contributed by atoms with Crippen molar-refractivity contribution in [2.75, 3.05) is 0 Å². The second-order valence-corrected chi connectivity index (χ2v) is 4.87. The predicted molar refractivity (Wildman–Crippen MR) is 68.7 cm³/mol. The summed E-state index contributed by atoms with van der Waals surface area (Å²) in [4.78, 5) is 24.1. The highest BCUT2D eigenvalue weighted by molar-refractivity contribution is 6.05. The van der Waals surface area contributed by atoms with Gasteiger partial charge in [0, 0.05) is 0 Å². The van der Waals surface area contributed by atoms with Crippen molar-refractivity contribution in [3.8, 4) is 0 Å². The molecule has 5 heteroatoms. The average Bonchev–Trinajstić information content (AvgIpc) is 2.82. The second-order valence-electron chi connectivity index (χ2n) is 4.87. The van der Waals surface area contributed by atoms with Gasteiger partial charge in [0.25, 0.3) is 0 Å². The van der Waals surface area contributed by atoms with E-state index >= 15 is 0 Å². The Labute approximate surface area is 112 Å². The quantitative estimate of drug-likeness (QED) is 0.634. The number of carbonyl (C=O) groups excluding carboxylic acids is 1. The number of esters is 1. The van der Waals surface area contributed by atoms with E-state index in [1.165, 1.54) is 12.3 Å². The Hall–Kier alpha value is -1.78. The van der Waals surface area contributed by atoms with Gasteiger partial charge in [0.1, 0.15) is 5.76 Å². The Balaban J connectivity index is 3.26. The molecule has 1 rings (SSSR count). The second kappa shape index (κ2) is 5.91. The fraction of sp³-hybridized carbons (Fsp3) is 0.571. The number of hydrogen-bond acceptors (Lipinski definition) is 4. The third-order valence-corrected chi connectivity index (χ3v) is 3.32. The lowest BCUT2D eigenvalue weighted by atomic mass is 9.75.